The second kappa shape index (κ2) is 6.03. The maximum Gasteiger partial charge on any atom is 0.119 e. The van der Waals surface area contributed by atoms with Gasteiger partial charge in [0.15, 0.2) is 0 Å². The molecule has 1 aromatic rings. The van der Waals surface area contributed by atoms with Gasteiger partial charge in [-0.3, -0.25) is 0 Å². The number of unbranched alkanes of at least 4 members (excludes halogenated alkanes) is 1. The van der Waals surface area contributed by atoms with Crippen LogP contribution in [0.25, 0.3) is 0 Å². The maximum atomic E-state index is 6.00. The van der Waals surface area contributed by atoms with Crippen LogP contribution < -0.4 is 10.5 Å². The van der Waals surface area contributed by atoms with E-state index in [9.17, 15) is 0 Å². The summed E-state index contributed by atoms with van der Waals surface area (Å²) in [4.78, 5) is 0. The Morgan fingerprint density at radius 1 is 1.29 bits per heavy atom. The first-order valence-electron chi connectivity index (χ1n) is 6.31. The predicted octanol–water partition coefficient (Wildman–Crippen LogP) is 2.44. The van der Waals surface area contributed by atoms with Crippen molar-refractivity contribution in [2.24, 2.45) is 5.73 Å². The molecule has 0 saturated carbocycles. The van der Waals surface area contributed by atoms with Crippen molar-refractivity contribution in [1.29, 1.82) is 0 Å². The molecule has 1 aliphatic carbocycles. The highest BCUT2D eigenvalue weighted by molar-refractivity contribution is 5.40. The molecule has 1 aliphatic rings. The normalized spacial score (nSPS) is 18.1. The van der Waals surface area contributed by atoms with Crippen LogP contribution in [0.15, 0.2) is 18.2 Å². The van der Waals surface area contributed by atoms with E-state index in [1.54, 1.807) is 7.11 Å². The Morgan fingerprint density at radius 2 is 2.12 bits per heavy atom. The molecule has 0 spiro atoms. The maximum absolute atomic E-state index is 6.00. The number of benzene rings is 1. The smallest absolute Gasteiger partial charge is 0.119 e. The standard InChI is InChI=1S/C14H21NO2/c1-16-8-2-3-9-17-12-5-6-13-11(10-12)4-7-14(13)15/h5-6,10,14H,2-4,7-9,15H2,1H3/t14-/m1/s1. The molecule has 0 radical (unpaired) electrons. The molecule has 1 atom stereocenters. The fraction of sp³-hybridized carbons (Fsp3) is 0.571. The molecule has 0 unspecified atom stereocenters. The van der Waals surface area contributed by atoms with Crippen LogP contribution in [0.1, 0.15) is 36.4 Å². The molecule has 0 amide bonds. The average molecular weight is 235 g/mol. The van der Waals surface area contributed by atoms with E-state index in [1.165, 1.54) is 11.1 Å². The van der Waals surface area contributed by atoms with Crippen LogP contribution in [-0.2, 0) is 11.2 Å². The van der Waals surface area contributed by atoms with Crippen molar-refractivity contribution in [3.8, 4) is 5.75 Å². The van der Waals surface area contributed by atoms with Gasteiger partial charge >= 0.3 is 0 Å². The van der Waals surface area contributed by atoms with E-state index >= 15 is 0 Å². The summed E-state index contributed by atoms with van der Waals surface area (Å²) in [6, 6.07) is 6.50. The van der Waals surface area contributed by atoms with Crippen molar-refractivity contribution in [1.82, 2.24) is 0 Å². The lowest BCUT2D eigenvalue weighted by atomic mass is 10.1. The van der Waals surface area contributed by atoms with Gasteiger partial charge in [-0.1, -0.05) is 6.07 Å². The quantitative estimate of drug-likeness (QED) is 0.770. The number of rotatable bonds is 6. The largest absolute Gasteiger partial charge is 0.494 e. The summed E-state index contributed by atoms with van der Waals surface area (Å²) in [6.45, 7) is 1.57. The summed E-state index contributed by atoms with van der Waals surface area (Å²) >= 11 is 0. The molecule has 0 bridgehead atoms. The van der Waals surface area contributed by atoms with E-state index < -0.39 is 0 Å². The van der Waals surface area contributed by atoms with E-state index in [2.05, 4.69) is 12.1 Å². The zero-order chi connectivity index (χ0) is 12.1. The Morgan fingerprint density at radius 3 is 2.94 bits per heavy atom. The lowest BCUT2D eigenvalue weighted by Gasteiger charge is -2.09. The first-order valence-corrected chi connectivity index (χ1v) is 6.31. The minimum absolute atomic E-state index is 0.223. The van der Waals surface area contributed by atoms with Gasteiger partial charge in [0.25, 0.3) is 0 Å². The lowest BCUT2D eigenvalue weighted by molar-refractivity contribution is 0.184. The van der Waals surface area contributed by atoms with Crippen molar-refractivity contribution in [2.45, 2.75) is 31.7 Å². The highest BCUT2D eigenvalue weighted by Crippen LogP contribution is 2.31. The molecule has 2 N–H and O–H groups in total. The third-order valence-corrected chi connectivity index (χ3v) is 3.25. The first kappa shape index (κ1) is 12.4. The lowest BCUT2D eigenvalue weighted by Crippen LogP contribution is -2.05. The van der Waals surface area contributed by atoms with Gasteiger partial charge in [-0.05, 0) is 48.9 Å². The molecule has 3 heteroatoms. The molecular formula is C14H21NO2. The summed E-state index contributed by atoms with van der Waals surface area (Å²) in [5.74, 6) is 0.968. The summed E-state index contributed by atoms with van der Waals surface area (Å²) in [7, 11) is 1.73. The average Bonchev–Trinajstić information content (AvgIpc) is 2.71. The van der Waals surface area contributed by atoms with Crippen molar-refractivity contribution in [3.05, 3.63) is 29.3 Å². The second-order valence-electron chi connectivity index (χ2n) is 4.55. The Bertz CT molecular complexity index is 365. The van der Waals surface area contributed by atoms with Gasteiger partial charge in [0.2, 0.25) is 0 Å². The molecule has 17 heavy (non-hydrogen) atoms. The van der Waals surface area contributed by atoms with Crippen LogP contribution in [-0.4, -0.2) is 20.3 Å². The Labute approximate surface area is 103 Å². The predicted molar refractivity (Wildman–Crippen MR) is 68.3 cm³/mol. The van der Waals surface area contributed by atoms with Crippen LogP contribution in [0, 0.1) is 0 Å². The molecule has 0 heterocycles. The third kappa shape index (κ3) is 3.20. The van der Waals surface area contributed by atoms with E-state index in [0.717, 1.165) is 44.6 Å². The van der Waals surface area contributed by atoms with Gasteiger partial charge in [-0.25, -0.2) is 0 Å². The highest BCUT2D eigenvalue weighted by Gasteiger charge is 2.18. The van der Waals surface area contributed by atoms with Crippen LogP contribution in [0.4, 0.5) is 0 Å². The fourth-order valence-corrected chi connectivity index (χ4v) is 2.26. The minimum Gasteiger partial charge on any atom is -0.494 e. The van der Waals surface area contributed by atoms with Crippen molar-refractivity contribution >= 4 is 0 Å². The van der Waals surface area contributed by atoms with Crippen molar-refractivity contribution in [3.63, 3.8) is 0 Å². The zero-order valence-corrected chi connectivity index (χ0v) is 10.4. The summed E-state index contributed by atoms with van der Waals surface area (Å²) in [5, 5.41) is 0. The Balaban J connectivity index is 1.82. The summed E-state index contributed by atoms with van der Waals surface area (Å²) in [6.07, 6.45) is 4.22. The monoisotopic (exact) mass is 235 g/mol. The van der Waals surface area contributed by atoms with Gasteiger partial charge in [0.05, 0.1) is 6.61 Å². The SMILES string of the molecule is COCCCCOc1ccc2c(c1)CC[C@H]2N. The number of ether oxygens (including phenoxy) is 2. The summed E-state index contributed by atoms with van der Waals surface area (Å²) in [5.41, 5.74) is 8.64. The number of nitrogens with two attached hydrogens (primary N) is 1. The minimum atomic E-state index is 0.223. The molecular weight excluding hydrogens is 214 g/mol. The molecule has 0 aliphatic heterocycles. The van der Waals surface area contributed by atoms with E-state index in [4.69, 9.17) is 15.2 Å². The van der Waals surface area contributed by atoms with Crippen LogP contribution in [0.2, 0.25) is 0 Å². The molecule has 0 aromatic heterocycles. The molecule has 1 aromatic carbocycles. The van der Waals surface area contributed by atoms with Crippen LogP contribution in [0.3, 0.4) is 0 Å². The Hall–Kier alpha value is -1.06. The van der Waals surface area contributed by atoms with Gasteiger partial charge in [0.1, 0.15) is 5.75 Å². The van der Waals surface area contributed by atoms with E-state index in [0.29, 0.717) is 0 Å². The van der Waals surface area contributed by atoms with Crippen LogP contribution in [0.5, 0.6) is 5.75 Å². The molecule has 3 nitrogen and oxygen atoms in total. The zero-order valence-electron chi connectivity index (χ0n) is 10.4. The van der Waals surface area contributed by atoms with Gasteiger partial charge in [0, 0.05) is 19.8 Å². The number of aryl methyl sites for hydroxylation is 1. The fourth-order valence-electron chi connectivity index (χ4n) is 2.26. The highest BCUT2D eigenvalue weighted by atomic mass is 16.5. The topological polar surface area (TPSA) is 44.5 Å². The van der Waals surface area contributed by atoms with Crippen molar-refractivity contribution in [2.75, 3.05) is 20.3 Å². The number of hydrogen-bond donors (Lipinski definition) is 1. The number of methoxy groups -OCH3 is 1. The number of fused-ring (bicyclic) bond motifs is 1. The Kier molecular flexibility index (Phi) is 4.40. The van der Waals surface area contributed by atoms with Gasteiger partial charge in [-0.2, -0.15) is 0 Å². The van der Waals surface area contributed by atoms with E-state index in [1.807, 2.05) is 6.07 Å². The van der Waals surface area contributed by atoms with Crippen molar-refractivity contribution < 1.29 is 9.47 Å². The number of hydrogen-bond acceptors (Lipinski definition) is 3. The summed E-state index contributed by atoms with van der Waals surface area (Å²) < 4.78 is 10.7. The molecule has 2 rings (SSSR count). The second-order valence-corrected chi connectivity index (χ2v) is 4.55. The van der Waals surface area contributed by atoms with E-state index in [-0.39, 0.29) is 6.04 Å². The first-order chi connectivity index (χ1) is 8.31. The van der Waals surface area contributed by atoms with Gasteiger partial charge < -0.3 is 15.2 Å². The molecule has 0 saturated heterocycles. The molecule has 0 fully saturated rings. The van der Waals surface area contributed by atoms with Gasteiger partial charge in [-0.15, -0.1) is 0 Å². The molecule has 94 valence electrons. The van der Waals surface area contributed by atoms with Crippen LogP contribution >= 0.6 is 0 Å². The third-order valence-electron chi connectivity index (χ3n) is 3.25.